The fourth-order valence-electron chi connectivity index (χ4n) is 7.40. The SMILES string of the molecule is N#Cc1ccc2c(c1)c1cc(C#N)ccc1n2-c1cc(-c2c(C(F)(F)F)cccc2C(F)(F)F)cc(-n2c3ccc(C#N)cc3c3cc(C#N)ccc32)c1C#N. The molecule has 0 radical (unpaired) electrons. The van der Waals surface area contributed by atoms with Crippen LogP contribution in [0, 0.1) is 56.7 Å². The van der Waals surface area contributed by atoms with E-state index in [-0.39, 0.29) is 39.2 Å². The first-order chi connectivity index (χ1) is 26.8. The number of rotatable bonds is 3. The van der Waals surface area contributed by atoms with Crippen LogP contribution in [-0.4, -0.2) is 9.13 Å². The second kappa shape index (κ2) is 12.5. The van der Waals surface area contributed by atoms with Crippen molar-refractivity contribution >= 4 is 43.6 Å². The summed E-state index contributed by atoms with van der Waals surface area (Å²) in [5.41, 5.74) is -2.86. The van der Waals surface area contributed by atoms with E-state index in [0.717, 1.165) is 12.1 Å². The average Bonchev–Trinajstić information content (AvgIpc) is 3.70. The molecule has 6 aromatic carbocycles. The Morgan fingerprint density at radius 2 is 0.732 bits per heavy atom. The predicted molar refractivity (Wildman–Crippen MR) is 194 cm³/mol. The first kappa shape index (κ1) is 35.0. The molecule has 0 atom stereocenters. The molecule has 0 aliphatic rings. The first-order valence-corrected chi connectivity index (χ1v) is 16.4. The molecule has 13 heteroatoms. The summed E-state index contributed by atoms with van der Waals surface area (Å²) in [6, 6.07) is 32.6. The van der Waals surface area contributed by atoms with Gasteiger partial charge in [0.25, 0.3) is 0 Å². The normalized spacial score (nSPS) is 11.7. The third-order valence-corrected chi connectivity index (χ3v) is 9.70. The molecule has 0 bridgehead atoms. The second-order valence-corrected chi connectivity index (χ2v) is 12.8. The van der Waals surface area contributed by atoms with Crippen LogP contribution >= 0.6 is 0 Å². The number of nitriles is 5. The maximum absolute atomic E-state index is 14.8. The summed E-state index contributed by atoms with van der Waals surface area (Å²) in [5.74, 6) is 0. The number of hydrogen-bond donors (Lipinski definition) is 0. The number of alkyl halides is 6. The van der Waals surface area contributed by atoms with Crippen molar-refractivity contribution < 1.29 is 26.3 Å². The largest absolute Gasteiger partial charge is 0.417 e. The minimum absolute atomic E-state index is 0.100. The van der Waals surface area contributed by atoms with Crippen molar-refractivity contribution in [2.24, 2.45) is 0 Å². The van der Waals surface area contributed by atoms with Gasteiger partial charge in [-0.3, -0.25) is 0 Å². The molecule has 266 valence electrons. The van der Waals surface area contributed by atoms with Gasteiger partial charge in [0.1, 0.15) is 11.6 Å². The highest BCUT2D eigenvalue weighted by atomic mass is 19.4. The van der Waals surface area contributed by atoms with Gasteiger partial charge < -0.3 is 9.13 Å². The summed E-state index contributed by atoms with van der Waals surface area (Å²) in [5, 5.41) is 51.7. The molecule has 0 spiro atoms. The van der Waals surface area contributed by atoms with Crippen LogP contribution < -0.4 is 0 Å². The standard InChI is InChI=1S/C43H17F6N7/c44-42(45,46)33-2-1-3-34(43(47,48)49)41(33)27-16-39(55-35-8-4-23(18-50)12-28(35)29-13-24(19-51)5-9-36(29)55)32(22-54)40(17-27)56-37-10-6-25(20-52)14-30(37)31-15-26(21-53)7-11-38(31)56/h1-17H. The molecule has 2 aromatic heterocycles. The van der Waals surface area contributed by atoms with Gasteiger partial charge >= 0.3 is 12.4 Å². The van der Waals surface area contributed by atoms with Crippen LogP contribution in [0.1, 0.15) is 38.9 Å². The van der Waals surface area contributed by atoms with Crippen LogP contribution in [0.4, 0.5) is 26.3 Å². The molecule has 0 saturated heterocycles. The van der Waals surface area contributed by atoms with E-state index in [2.05, 4.69) is 6.07 Å². The molecule has 8 rings (SSSR count). The summed E-state index contributed by atoms with van der Waals surface area (Å²) >= 11 is 0. The van der Waals surface area contributed by atoms with E-state index in [4.69, 9.17) is 0 Å². The summed E-state index contributed by atoms with van der Waals surface area (Å²) in [4.78, 5) is 0. The molecule has 0 N–H and O–H groups in total. The van der Waals surface area contributed by atoms with Gasteiger partial charge in [0.15, 0.2) is 0 Å². The van der Waals surface area contributed by atoms with E-state index >= 15 is 0 Å². The van der Waals surface area contributed by atoms with E-state index in [1.807, 2.05) is 24.3 Å². The number of benzene rings is 6. The molecular weight excluding hydrogens is 729 g/mol. The Balaban J connectivity index is 1.63. The molecule has 2 heterocycles. The first-order valence-electron chi connectivity index (χ1n) is 16.4. The van der Waals surface area contributed by atoms with Gasteiger partial charge in [-0.2, -0.15) is 52.7 Å². The molecule has 0 aliphatic carbocycles. The quantitative estimate of drug-likeness (QED) is 0.166. The Labute approximate surface area is 312 Å². The minimum atomic E-state index is -5.24. The van der Waals surface area contributed by atoms with Gasteiger partial charge in [-0.05, 0) is 103 Å². The van der Waals surface area contributed by atoms with E-state index in [0.29, 0.717) is 61.8 Å². The summed E-state index contributed by atoms with van der Waals surface area (Å²) in [7, 11) is 0. The fourth-order valence-corrected chi connectivity index (χ4v) is 7.40. The maximum atomic E-state index is 14.8. The maximum Gasteiger partial charge on any atom is 0.417 e. The van der Waals surface area contributed by atoms with Crippen molar-refractivity contribution in [3.8, 4) is 52.8 Å². The van der Waals surface area contributed by atoms with Gasteiger partial charge in [0.2, 0.25) is 0 Å². The molecular formula is C43H17F6N7. The van der Waals surface area contributed by atoms with Gasteiger partial charge in [-0.25, -0.2) is 0 Å². The smallest absolute Gasteiger partial charge is 0.308 e. The highest BCUT2D eigenvalue weighted by Crippen LogP contribution is 2.47. The lowest BCUT2D eigenvalue weighted by Gasteiger charge is -2.22. The zero-order valence-electron chi connectivity index (χ0n) is 28.2. The van der Waals surface area contributed by atoms with Crippen molar-refractivity contribution in [2.45, 2.75) is 12.4 Å². The molecule has 0 unspecified atom stereocenters. The van der Waals surface area contributed by atoms with Crippen molar-refractivity contribution in [1.82, 2.24) is 9.13 Å². The Hall–Kier alpha value is -8.05. The van der Waals surface area contributed by atoms with Crippen molar-refractivity contribution in [3.05, 3.63) is 142 Å². The van der Waals surface area contributed by atoms with Crippen LogP contribution in [0.2, 0.25) is 0 Å². The summed E-state index contributed by atoms with van der Waals surface area (Å²) in [6.07, 6.45) is -10.5. The topological polar surface area (TPSA) is 129 Å². The Morgan fingerprint density at radius 3 is 1.00 bits per heavy atom. The third kappa shape index (κ3) is 5.33. The highest BCUT2D eigenvalue weighted by Gasteiger charge is 2.41. The fraction of sp³-hybridized carbons (Fsp3) is 0.0465. The van der Waals surface area contributed by atoms with Gasteiger partial charge in [-0.15, -0.1) is 0 Å². The van der Waals surface area contributed by atoms with Crippen LogP contribution in [0.15, 0.2) is 103 Å². The van der Waals surface area contributed by atoms with Gasteiger partial charge in [0, 0.05) is 27.1 Å². The number of fused-ring (bicyclic) bond motifs is 6. The van der Waals surface area contributed by atoms with Crippen molar-refractivity contribution in [1.29, 1.82) is 26.3 Å². The molecule has 0 aliphatic heterocycles. The lowest BCUT2D eigenvalue weighted by molar-refractivity contribution is -0.142. The number of nitrogens with zero attached hydrogens (tertiary/aromatic N) is 7. The Morgan fingerprint density at radius 1 is 0.411 bits per heavy atom. The highest BCUT2D eigenvalue weighted by molar-refractivity contribution is 6.12. The van der Waals surface area contributed by atoms with E-state index in [1.54, 1.807) is 48.5 Å². The van der Waals surface area contributed by atoms with E-state index in [9.17, 15) is 52.7 Å². The molecule has 56 heavy (non-hydrogen) atoms. The Bertz CT molecular complexity index is 2890. The zero-order chi connectivity index (χ0) is 39.7. The third-order valence-electron chi connectivity index (χ3n) is 9.70. The second-order valence-electron chi connectivity index (χ2n) is 12.8. The van der Waals surface area contributed by atoms with Crippen molar-refractivity contribution in [3.63, 3.8) is 0 Å². The molecule has 8 aromatic rings. The van der Waals surface area contributed by atoms with Crippen molar-refractivity contribution in [2.75, 3.05) is 0 Å². The van der Waals surface area contributed by atoms with E-state index in [1.165, 1.54) is 33.4 Å². The van der Waals surface area contributed by atoms with Gasteiger partial charge in [-0.1, -0.05) is 6.07 Å². The molecule has 7 nitrogen and oxygen atoms in total. The zero-order valence-corrected chi connectivity index (χ0v) is 28.2. The number of aromatic nitrogens is 2. The molecule has 0 amide bonds. The van der Waals surface area contributed by atoms with Crippen LogP contribution in [0.5, 0.6) is 0 Å². The minimum Gasteiger partial charge on any atom is -0.308 e. The Kier molecular flexibility index (Phi) is 7.83. The summed E-state index contributed by atoms with van der Waals surface area (Å²) < 4.78 is 91.7. The van der Waals surface area contributed by atoms with Crippen LogP contribution in [0.3, 0.4) is 0 Å². The lowest BCUT2D eigenvalue weighted by Crippen LogP contribution is -2.15. The van der Waals surface area contributed by atoms with Crippen LogP contribution in [0.25, 0.3) is 66.1 Å². The monoisotopic (exact) mass is 745 g/mol. The molecule has 0 fully saturated rings. The number of halogens is 6. The molecule has 0 saturated carbocycles. The number of hydrogen-bond acceptors (Lipinski definition) is 5. The lowest BCUT2D eigenvalue weighted by atomic mass is 9.91. The predicted octanol–water partition coefficient (Wildman–Crippen LogP) is 10.9. The van der Waals surface area contributed by atoms with Crippen LogP contribution in [-0.2, 0) is 12.4 Å². The van der Waals surface area contributed by atoms with Gasteiger partial charge in [0.05, 0.1) is 91.1 Å². The average molecular weight is 746 g/mol. The van der Waals surface area contributed by atoms with E-state index < -0.39 is 34.6 Å². The summed E-state index contributed by atoms with van der Waals surface area (Å²) in [6.45, 7) is 0.